The molecule has 1 aromatic heterocycles. The summed E-state index contributed by atoms with van der Waals surface area (Å²) in [7, 11) is 0. The van der Waals surface area contributed by atoms with Crippen molar-refractivity contribution in [2.45, 2.75) is 38.3 Å². The lowest BCUT2D eigenvalue weighted by molar-refractivity contribution is -0.135. The van der Waals surface area contributed by atoms with Gasteiger partial charge >= 0.3 is 6.03 Å². The molecule has 0 aliphatic carbocycles. The average molecular weight is 369 g/mol. The molecule has 2 N–H and O–H groups in total. The van der Waals surface area contributed by atoms with E-state index in [-0.39, 0.29) is 18.5 Å². The van der Waals surface area contributed by atoms with Gasteiger partial charge in [0, 0.05) is 0 Å². The largest absolute Gasteiger partial charge is 0.466 e. The third-order valence-corrected chi connectivity index (χ3v) is 4.71. The number of hydrogen-bond acceptors (Lipinski definition) is 4. The highest BCUT2D eigenvalue weighted by atomic mass is 16.3. The summed E-state index contributed by atoms with van der Waals surface area (Å²) in [5.74, 6) is -0.564. The number of urea groups is 1. The molecular formula is C20H23N3O4. The summed E-state index contributed by atoms with van der Waals surface area (Å²) in [4.78, 5) is 38.5. The fourth-order valence-corrected chi connectivity index (χ4v) is 3.25. The fourth-order valence-electron chi connectivity index (χ4n) is 3.25. The van der Waals surface area contributed by atoms with Crippen molar-refractivity contribution in [2.24, 2.45) is 0 Å². The minimum atomic E-state index is -1.30. The Labute approximate surface area is 157 Å². The number of furan rings is 1. The predicted molar refractivity (Wildman–Crippen MR) is 98.5 cm³/mol. The number of rotatable bonds is 7. The molecule has 7 heteroatoms. The molecule has 1 fully saturated rings. The van der Waals surface area contributed by atoms with Gasteiger partial charge in [0.1, 0.15) is 12.3 Å². The molecule has 1 aromatic carbocycles. The van der Waals surface area contributed by atoms with Crippen LogP contribution in [0.25, 0.3) is 0 Å². The van der Waals surface area contributed by atoms with E-state index >= 15 is 0 Å². The van der Waals surface area contributed by atoms with E-state index in [0.29, 0.717) is 5.76 Å². The van der Waals surface area contributed by atoms with Crippen molar-refractivity contribution in [3.63, 3.8) is 0 Å². The summed E-state index contributed by atoms with van der Waals surface area (Å²) < 4.78 is 5.28. The van der Waals surface area contributed by atoms with Crippen molar-refractivity contribution < 1.29 is 18.8 Å². The molecule has 1 aliphatic heterocycles. The van der Waals surface area contributed by atoms with Gasteiger partial charge < -0.3 is 15.1 Å². The highest BCUT2D eigenvalue weighted by Crippen LogP contribution is 2.29. The Bertz CT molecular complexity index is 819. The Morgan fingerprint density at radius 1 is 1.22 bits per heavy atom. The first kappa shape index (κ1) is 18.7. The van der Waals surface area contributed by atoms with E-state index in [4.69, 9.17) is 4.42 Å². The van der Waals surface area contributed by atoms with Gasteiger partial charge in [-0.3, -0.25) is 14.5 Å². The maximum Gasteiger partial charge on any atom is 0.325 e. The van der Waals surface area contributed by atoms with Gasteiger partial charge in [0.15, 0.2) is 5.54 Å². The third-order valence-electron chi connectivity index (χ3n) is 4.71. The lowest BCUT2D eigenvalue weighted by atomic mass is 9.99. The maximum atomic E-state index is 12.8. The van der Waals surface area contributed by atoms with E-state index in [1.807, 2.05) is 37.3 Å². The van der Waals surface area contributed by atoms with Crippen molar-refractivity contribution in [1.29, 1.82) is 0 Å². The molecule has 0 saturated carbocycles. The smallest absolute Gasteiger partial charge is 0.325 e. The zero-order valence-electron chi connectivity index (χ0n) is 15.4. The zero-order chi connectivity index (χ0) is 19.4. The van der Waals surface area contributed by atoms with Gasteiger partial charge in [0.25, 0.3) is 5.91 Å². The van der Waals surface area contributed by atoms with Crippen LogP contribution in [0.5, 0.6) is 0 Å². The normalized spacial score (nSPS) is 20.4. The molecule has 0 spiro atoms. The van der Waals surface area contributed by atoms with Gasteiger partial charge in [-0.15, -0.1) is 0 Å². The summed E-state index contributed by atoms with van der Waals surface area (Å²) in [5, 5.41) is 5.54. The summed E-state index contributed by atoms with van der Waals surface area (Å²) in [6.45, 7) is 3.26. The molecule has 3 rings (SSSR count). The molecule has 142 valence electrons. The summed E-state index contributed by atoms with van der Waals surface area (Å²) in [5.41, 5.74) is -0.311. The monoisotopic (exact) mass is 369 g/mol. The summed E-state index contributed by atoms with van der Waals surface area (Å²) in [6.07, 6.45) is 3.09. The Morgan fingerprint density at radius 2 is 1.96 bits per heavy atom. The number of imide groups is 1. The first-order valence-corrected chi connectivity index (χ1v) is 8.98. The van der Waals surface area contributed by atoms with Crippen LogP contribution in [0.15, 0.2) is 53.1 Å². The quantitative estimate of drug-likeness (QED) is 0.734. The Morgan fingerprint density at radius 3 is 2.59 bits per heavy atom. The van der Waals surface area contributed by atoms with Crippen molar-refractivity contribution in [1.82, 2.24) is 15.5 Å². The van der Waals surface area contributed by atoms with E-state index in [2.05, 4.69) is 10.6 Å². The van der Waals surface area contributed by atoms with Crippen LogP contribution in [-0.4, -0.2) is 29.3 Å². The number of hydrogen-bond donors (Lipinski definition) is 2. The lowest BCUT2D eigenvalue weighted by Crippen LogP contribution is -2.43. The van der Waals surface area contributed by atoms with Gasteiger partial charge in [-0.25, -0.2) is 4.79 Å². The molecule has 27 heavy (non-hydrogen) atoms. The molecule has 2 heterocycles. The minimum Gasteiger partial charge on any atom is -0.466 e. The van der Waals surface area contributed by atoms with Gasteiger partial charge in [-0.2, -0.15) is 0 Å². The van der Waals surface area contributed by atoms with Gasteiger partial charge in [0.2, 0.25) is 5.91 Å². The molecule has 4 amide bonds. The van der Waals surface area contributed by atoms with Gasteiger partial charge in [0.05, 0.1) is 12.3 Å². The number of carbonyl (C=O) groups excluding carboxylic acids is 3. The second kappa shape index (κ2) is 7.65. The number of amides is 4. The molecule has 1 saturated heterocycles. The van der Waals surface area contributed by atoms with Crippen LogP contribution in [0.3, 0.4) is 0 Å². The topological polar surface area (TPSA) is 91.7 Å². The fraction of sp³-hybridized carbons (Fsp3) is 0.350. The van der Waals surface area contributed by atoms with Crippen molar-refractivity contribution >= 4 is 17.8 Å². The molecule has 7 nitrogen and oxygen atoms in total. The Hall–Kier alpha value is -3.09. The first-order chi connectivity index (χ1) is 13.0. The second-order valence-electron chi connectivity index (χ2n) is 6.74. The van der Waals surface area contributed by atoms with Crippen molar-refractivity contribution in [3.8, 4) is 0 Å². The van der Waals surface area contributed by atoms with Crippen LogP contribution < -0.4 is 10.6 Å². The summed E-state index contributed by atoms with van der Waals surface area (Å²) >= 11 is 0. The first-order valence-electron chi connectivity index (χ1n) is 8.98. The molecule has 2 atom stereocenters. The van der Waals surface area contributed by atoms with Crippen LogP contribution in [0.1, 0.15) is 44.1 Å². The Balaban J connectivity index is 1.70. The number of nitrogens with one attached hydrogen (secondary N) is 2. The molecule has 0 bridgehead atoms. The van der Waals surface area contributed by atoms with Crippen molar-refractivity contribution in [2.75, 3.05) is 6.54 Å². The van der Waals surface area contributed by atoms with E-state index in [1.54, 1.807) is 19.1 Å². The van der Waals surface area contributed by atoms with Crippen LogP contribution in [0.4, 0.5) is 4.79 Å². The second-order valence-corrected chi connectivity index (χ2v) is 6.74. The number of carbonyl (C=O) groups is 3. The van der Waals surface area contributed by atoms with E-state index in [9.17, 15) is 14.4 Å². The molecule has 0 unspecified atom stereocenters. The minimum absolute atomic E-state index is 0.166. The van der Waals surface area contributed by atoms with E-state index in [0.717, 1.165) is 23.3 Å². The lowest BCUT2D eigenvalue weighted by Gasteiger charge is -2.21. The van der Waals surface area contributed by atoms with Crippen LogP contribution in [0.2, 0.25) is 0 Å². The standard InChI is InChI=1S/C20H23N3O4/c1-3-8-15(14-9-5-4-6-10-14)21-17(24)13-23-18(25)20(2,22-19(23)26)16-11-7-12-27-16/h4-7,9-12,15H,3,8,13H2,1-2H3,(H,21,24)(H,22,26)/t15-,20+/m1/s1. The summed E-state index contributed by atoms with van der Waals surface area (Å²) in [6, 6.07) is 12.1. The van der Waals surface area contributed by atoms with Crippen LogP contribution >= 0.6 is 0 Å². The number of benzene rings is 1. The Kier molecular flexibility index (Phi) is 5.30. The van der Waals surface area contributed by atoms with Crippen molar-refractivity contribution in [3.05, 3.63) is 60.1 Å². The third kappa shape index (κ3) is 3.72. The predicted octanol–water partition coefficient (Wildman–Crippen LogP) is 2.70. The highest BCUT2D eigenvalue weighted by Gasteiger charge is 2.51. The molecular weight excluding hydrogens is 346 g/mol. The highest BCUT2D eigenvalue weighted by molar-refractivity contribution is 6.08. The molecule has 1 aliphatic rings. The van der Waals surface area contributed by atoms with E-state index < -0.39 is 17.5 Å². The SMILES string of the molecule is CCC[C@@H](NC(=O)CN1C(=O)N[C@@](C)(c2ccco2)C1=O)c1ccccc1. The van der Waals surface area contributed by atoms with Gasteiger partial charge in [-0.1, -0.05) is 43.7 Å². The maximum absolute atomic E-state index is 12.8. The van der Waals surface area contributed by atoms with E-state index in [1.165, 1.54) is 6.26 Å². The van der Waals surface area contributed by atoms with Gasteiger partial charge in [-0.05, 0) is 31.0 Å². The average Bonchev–Trinajstić information content (AvgIpc) is 3.27. The van der Waals surface area contributed by atoms with Crippen LogP contribution in [0, 0.1) is 0 Å². The molecule has 2 aromatic rings. The molecule has 0 radical (unpaired) electrons. The number of nitrogens with zero attached hydrogens (tertiary/aromatic N) is 1. The van der Waals surface area contributed by atoms with Crippen LogP contribution in [-0.2, 0) is 15.1 Å². The zero-order valence-corrected chi connectivity index (χ0v) is 15.4.